The summed E-state index contributed by atoms with van der Waals surface area (Å²) in [5, 5.41) is 5.63. The Bertz CT molecular complexity index is 689. The summed E-state index contributed by atoms with van der Waals surface area (Å²) < 4.78 is 1.11. The molecule has 2 aromatic carbocycles. The molecule has 0 unspecified atom stereocenters. The molecular weight excluding hydrogens is 423 g/mol. The van der Waals surface area contributed by atoms with E-state index in [1.54, 1.807) is 0 Å². The summed E-state index contributed by atoms with van der Waals surface area (Å²) in [4.78, 5) is 23.7. The minimum atomic E-state index is -0.112. The number of carbonyl (C=O) groups is 2. The van der Waals surface area contributed by atoms with Gasteiger partial charge in [0, 0.05) is 14.9 Å². The molecule has 0 aliphatic rings. The van der Waals surface area contributed by atoms with Crippen LogP contribution in [0.2, 0.25) is 0 Å². The predicted molar refractivity (Wildman–Crippen MR) is 105 cm³/mol. The molecule has 4 nitrogen and oxygen atoms in total. The number of benzene rings is 2. The highest BCUT2D eigenvalue weighted by atomic mass is 127. The number of aryl methyl sites for hydroxylation is 1. The number of rotatable bonds is 6. The second kappa shape index (κ2) is 8.93. The third kappa shape index (κ3) is 6.62. The van der Waals surface area contributed by atoms with Crippen LogP contribution >= 0.6 is 34.4 Å². The molecule has 0 bridgehead atoms. The highest BCUT2D eigenvalue weighted by Gasteiger charge is 2.06. The molecule has 2 amide bonds. The molecular formula is C17H17IN2O2S. The number of halogens is 1. The van der Waals surface area contributed by atoms with Crippen molar-refractivity contribution in [3.05, 3.63) is 57.7 Å². The first-order valence-electron chi connectivity index (χ1n) is 7.02. The fourth-order valence-corrected chi connectivity index (χ4v) is 2.86. The lowest BCUT2D eigenvalue weighted by Gasteiger charge is -2.07. The monoisotopic (exact) mass is 440 g/mol. The Morgan fingerprint density at radius 3 is 2.17 bits per heavy atom. The smallest absolute Gasteiger partial charge is 0.234 e. The van der Waals surface area contributed by atoms with Gasteiger partial charge in [0.05, 0.1) is 11.5 Å². The lowest BCUT2D eigenvalue weighted by atomic mass is 10.2. The standard InChI is InChI=1S/C17H17IN2O2S/c1-12-3-2-4-15(9-12)20-17(22)11-23-10-16(21)19-14-7-5-13(18)6-8-14/h2-9H,10-11H2,1H3,(H,19,21)(H,20,22). The van der Waals surface area contributed by atoms with Crippen LogP contribution in [0.5, 0.6) is 0 Å². The van der Waals surface area contributed by atoms with E-state index in [0.29, 0.717) is 0 Å². The van der Waals surface area contributed by atoms with Crippen molar-refractivity contribution in [3.8, 4) is 0 Å². The maximum absolute atomic E-state index is 11.8. The van der Waals surface area contributed by atoms with Crippen molar-refractivity contribution in [2.75, 3.05) is 22.1 Å². The van der Waals surface area contributed by atoms with Gasteiger partial charge in [0.15, 0.2) is 0 Å². The molecule has 0 fully saturated rings. The second-order valence-corrected chi connectivity index (χ2v) is 7.20. The van der Waals surface area contributed by atoms with E-state index in [1.165, 1.54) is 11.8 Å². The van der Waals surface area contributed by atoms with E-state index >= 15 is 0 Å². The first kappa shape index (κ1) is 17.8. The van der Waals surface area contributed by atoms with Crippen LogP contribution in [0.25, 0.3) is 0 Å². The van der Waals surface area contributed by atoms with E-state index in [4.69, 9.17) is 0 Å². The van der Waals surface area contributed by atoms with Crippen molar-refractivity contribution < 1.29 is 9.59 Å². The number of thioether (sulfide) groups is 1. The third-order valence-corrected chi connectivity index (χ3v) is 4.55. The van der Waals surface area contributed by atoms with Gasteiger partial charge in [-0.25, -0.2) is 0 Å². The normalized spacial score (nSPS) is 10.2. The van der Waals surface area contributed by atoms with Gasteiger partial charge in [0.2, 0.25) is 11.8 Å². The molecule has 0 aromatic heterocycles. The Morgan fingerprint density at radius 1 is 0.957 bits per heavy atom. The SMILES string of the molecule is Cc1cccc(NC(=O)CSCC(=O)Nc2ccc(I)cc2)c1. The lowest BCUT2D eigenvalue weighted by molar-refractivity contribution is -0.114. The number of nitrogens with one attached hydrogen (secondary N) is 2. The van der Waals surface area contributed by atoms with E-state index in [-0.39, 0.29) is 23.3 Å². The van der Waals surface area contributed by atoms with Crippen molar-refractivity contribution in [3.63, 3.8) is 0 Å². The van der Waals surface area contributed by atoms with Crippen molar-refractivity contribution >= 4 is 57.5 Å². The average molecular weight is 440 g/mol. The highest BCUT2D eigenvalue weighted by Crippen LogP contribution is 2.13. The van der Waals surface area contributed by atoms with Gasteiger partial charge in [-0.05, 0) is 71.5 Å². The molecule has 0 spiro atoms. The summed E-state index contributed by atoms with van der Waals surface area (Å²) in [6.07, 6.45) is 0. The summed E-state index contributed by atoms with van der Waals surface area (Å²) in [5.41, 5.74) is 2.63. The van der Waals surface area contributed by atoms with Gasteiger partial charge in [0.1, 0.15) is 0 Å². The maximum Gasteiger partial charge on any atom is 0.234 e. The maximum atomic E-state index is 11.8. The lowest BCUT2D eigenvalue weighted by Crippen LogP contribution is -2.18. The van der Waals surface area contributed by atoms with E-state index < -0.39 is 0 Å². The van der Waals surface area contributed by atoms with Gasteiger partial charge in [-0.15, -0.1) is 11.8 Å². The van der Waals surface area contributed by atoms with E-state index in [9.17, 15) is 9.59 Å². The Morgan fingerprint density at radius 2 is 1.57 bits per heavy atom. The minimum Gasteiger partial charge on any atom is -0.325 e. The molecule has 23 heavy (non-hydrogen) atoms. The largest absolute Gasteiger partial charge is 0.325 e. The molecule has 120 valence electrons. The second-order valence-electron chi connectivity index (χ2n) is 4.97. The zero-order valence-electron chi connectivity index (χ0n) is 12.6. The van der Waals surface area contributed by atoms with Crippen LogP contribution in [-0.4, -0.2) is 23.3 Å². The Kier molecular flexibility index (Phi) is 6.91. The molecule has 0 saturated carbocycles. The topological polar surface area (TPSA) is 58.2 Å². The first-order chi connectivity index (χ1) is 11.0. The van der Waals surface area contributed by atoms with Gasteiger partial charge in [0.25, 0.3) is 0 Å². The molecule has 0 atom stereocenters. The molecule has 2 aromatic rings. The molecule has 0 heterocycles. The number of hydrogen-bond acceptors (Lipinski definition) is 3. The molecule has 2 N–H and O–H groups in total. The van der Waals surface area contributed by atoms with Crippen molar-refractivity contribution in [1.29, 1.82) is 0 Å². The summed E-state index contributed by atoms with van der Waals surface area (Å²) in [7, 11) is 0. The van der Waals surface area contributed by atoms with E-state index in [1.807, 2.05) is 55.5 Å². The van der Waals surface area contributed by atoms with Gasteiger partial charge in [-0.3, -0.25) is 9.59 Å². The number of amides is 2. The minimum absolute atomic E-state index is 0.109. The van der Waals surface area contributed by atoms with Crippen molar-refractivity contribution in [2.24, 2.45) is 0 Å². The van der Waals surface area contributed by atoms with Crippen LogP contribution in [0, 0.1) is 10.5 Å². The van der Waals surface area contributed by atoms with Gasteiger partial charge in [-0.1, -0.05) is 12.1 Å². The molecule has 0 saturated heterocycles. The number of hydrogen-bond donors (Lipinski definition) is 2. The molecule has 0 aliphatic carbocycles. The summed E-state index contributed by atoms with van der Waals surface area (Å²) >= 11 is 3.50. The van der Waals surface area contributed by atoms with Gasteiger partial charge in [-0.2, -0.15) is 0 Å². The molecule has 2 rings (SSSR count). The fourth-order valence-electron chi connectivity index (χ4n) is 1.89. The van der Waals surface area contributed by atoms with E-state index in [0.717, 1.165) is 20.5 Å². The van der Waals surface area contributed by atoms with Crippen LogP contribution in [0.15, 0.2) is 48.5 Å². The molecule has 0 radical (unpaired) electrons. The Balaban J connectivity index is 1.70. The summed E-state index contributed by atoms with van der Waals surface area (Å²) in [6.45, 7) is 1.97. The van der Waals surface area contributed by atoms with Crippen LogP contribution < -0.4 is 10.6 Å². The summed E-state index contributed by atoms with van der Waals surface area (Å²) in [5.74, 6) is 0.267. The van der Waals surface area contributed by atoms with Crippen LogP contribution in [0.4, 0.5) is 11.4 Å². The Labute approximate surface area is 153 Å². The average Bonchev–Trinajstić information content (AvgIpc) is 2.49. The number of anilines is 2. The summed E-state index contributed by atoms with van der Waals surface area (Å²) in [6, 6.07) is 15.2. The van der Waals surface area contributed by atoms with Crippen LogP contribution in [-0.2, 0) is 9.59 Å². The molecule has 6 heteroatoms. The van der Waals surface area contributed by atoms with Crippen LogP contribution in [0.3, 0.4) is 0 Å². The van der Waals surface area contributed by atoms with Crippen molar-refractivity contribution in [1.82, 2.24) is 0 Å². The fraction of sp³-hybridized carbons (Fsp3) is 0.176. The first-order valence-corrected chi connectivity index (χ1v) is 9.26. The van der Waals surface area contributed by atoms with Crippen molar-refractivity contribution in [2.45, 2.75) is 6.92 Å². The highest BCUT2D eigenvalue weighted by molar-refractivity contribution is 14.1. The molecule has 0 aliphatic heterocycles. The van der Waals surface area contributed by atoms with Crippen LogP contribution in [0.1, 0.15) is 5.56 Å². The third-order valence-electron chi connectivity index (χ3n) is 2.90. The zero-order chi connectivity index (χ0) is 16.7. The van der Waals surface area contributed by atoms with Gasteiger partial charge < -0.3 is 10.6 Å². The predicted octanol–water partition coefficient (Wildman–Crippen LogP) is 3.91. The van der Waals surface area contributed by atoms with E-state index in [2.05, 4.69) is 33.2 Å². The quantitative estimate of drug-likeness (QED) is 0.670. The van der Waals surface area contributed by atoms with Gasteiger partial charge >= 0.3 is 0 Å². The number of carbonyl (C=O) groups excluding carboxylic acids is 2. The zero-order valence-corrected chi connectivity index (χ0v) is 15.6. The Hall–Kier alpha value is -1.54.